The van der Waals surface area contributed by atoms with Gasteiger partial charge in [0.05, 0.1) is 6.10 Å². The lowest BCUT2D eigenvalue weighted by atomic mass is 9.81. The highest BCUT2D eigenvalue weighted by molar-refractivity contribution is 7.99. The van der Waals surface area contributed by atoms with Crippen molar-refractivity contribution in [2.75, 3.05) is 12.4 Å². The van der Waals surface area contributed by atoms with Crippen molar-refractivity contribution >= 4 is 22.5 Å². The van der Waals surface area contributed by atoms with Crippen LogP contribution in [-0.4, -0.2) is 23.6 Å². The first-order chi connectivity index (χ1) is 13.3. The average molecular weight is 383 g/mol. The van der Waals surface area contributed by atoms with Crippen LogP contribution in [0.2, 0.25) is 0 Å². The van der Waals surface area contributed by atoms with Gasteiger partial charge >= 0.3 is 0 Å². The van der Waals surface area contributed by atoms with Gasteiger partial charge in [-0.3, -0.25) is 0 Å². The molecule has 0 spiro atoms. The van der Waals surface area contributed by atoms with Crippen molar-refractivity contribution < 1.29 is 9.84 Å². The fourth-order valence-electron chi connectivity index (χ4n) is 5.92. The van der Waals surface area contributed by atoms with Gasteiger partial charge in [-0.1, -0.05) is 24.3 Å². The molecular formula is C24H30O2S. The van der Waals surface area contributed by atoms with Gasteiger partial charge in [-0.25, -0.2) is 0 Å². The molecule has 5 rings (SSSR count). The Hall–Kier alpha value is -1.19. The van der Waals surface area contributed by atoms with Gasteiger partial charge in [0.1, 0.15) is 5.75 Å². The van der Waals surface area contributed by atoms with E-state index in [9.17, 15) is 5.11 Å². The van der Waals surface area contributed by atoms with Crippen LogP contribution in [0, 0.1) is 23.7 Å². The molecule has 144 valence electrons. The summed E-state index contributed by atoms with van der Waals surface area (Å²) >= 11 is 1.99. The fraction of sp³-hybridized carbons (Fsp3) is 0.583. The summed E-state index contributed by atoms with van der Waals surface area (Å²) in [6.45, 7) is 0.376. The standard InChI is InChI=1S/C24H30O2S/c25-14-21-16-9-10-17(13-16)22(21)15-27-24-12-11-23(26-18-5-1-2-6-18)19-7-3-4-8-20(19)24/h3-4,7-8,11-12,16-18,21-22,25H,1-2,5-6,9-10,13-15H2. The molecular weight excluding hydrogens is 352 g/mol. The van der Waals surface area contributed by atoms with Gasteiger partial charge in [-0.15, -0.1) is 11.8 Å². The van der Waals surface area contributed by atoms with E-state index in [1.54, 1.807) is 0 Å². The van der Waals surface area contributed by atoms with Crippen molar-refractivity contribution in [1.82, 2.24) is 0 Å². The highest BCUT2D eigenvalue weighted by Gasteiger charge is 2.46. The molecule has 2 bridgehead atoms. The quantitative estimate of drug-likeness (QED) is 0.630. The van der Waals surface area contributed by atoms with Gasteiger partial charge in [-0.2, -0.15) is 0 Å². The van der Waals surface area contributed by atoms with Crippen LogP contribution in [0.1, 0.15) is 44.9 Å². The molecule has 3 heteroatoms. The van der Waals surface area contributed by atoms with Gasteiger partial charge in [0, 0.05) is 22.6 Å². The zero-order valence-corrected chi connectivity index (χ0v) is 16.8. The Bertz CT molecular complexity index is 798. The van der Waals surface area contributed by atoms with Gasteiger partial charge in [0.15, 0.2) is 0 Å². The summed E-state index contributed by atoms with van der Waals surface area (Å²) in [6, 6.07) is 13.2. The topological polar surface area (TPSA) is 29.5 Å². The van der Waals surface area contributed by atoms with Crippen molar-refractivity contribution in [2.24, 2.45) is 23.7 Å². The summed E-state index contributed by atoms with van der Waals surface area (Å²) in [6.07, 6.45) is 9.44. The molecule has 3 aliphatic carbocycles. The lowest BCUT2D eigenvalue weighted by molar-refractivity contribution is 0.136. The van der Waals surface area contributed by atoms with Crippen molar-refractivity contribution in [3.63, 3.8) is 0 Å². The van der Waals surface area contributed by atoms with Gasteiger partial charge in [0.25, 0.3) is 0 Å². The van der Waals surface area contributed by atoms with Gasteiger partial charge in [-0.05, 0) is 86.1 Å². The van der Waals surface area contributed by atoms with Crippen LogP contribution in [0.3, 0.4) is 0 Å². The van der Waals surface area contributed by atoms with E-state index in [-0.39, 0.29) is 0 Å². The summed E-state index contributed by atoms with van der Waals surface area (Å²) in [5.74, 6) is 5.04. The molecule has 0 saturated heterocycles. The fourth-order valence-corrected chi connectivity index (χ4v) is 7.31. The number of fused-ring (bicyclic) bond motifs is 3. The molecule has 3 fully saturated rings. The SMILES string of the molecule is OCC1C2CCC(C2)C1CSc1ccc(OC2CCCC2)c2ccccc12. The summed E-state index contributed by atoms with van der Waals surface area (Å²) in [5.41, 5.74) is 0. The van der Waals surface area contributed by atoms with E-state index in [0.29, 0.717) is 24.5 Å². The zero-order valence-electron chi connectivity index (χ0n) is 16.0. The number of aliphatic hydroxyl groups is 1. The molecule has 4 atom stereocenters. The largest absolute Gasteiger partial charge is 0.490 e. The van der Waals surface area contributed by atoms with Crippen molar-refractivity contribution in [2.45, 2.75) is 55.9 Å². The molecule has 0 aromatic heterocycles. The van der Waals surface area contributed by atoms with Crippen molar-refractivity contribution in [1.29, 1.82) is 0 Å². The third-order valence-corrected chi connectivity index (χ3v) is 8.58. The molecule has 4 unspecified atom stereocenters. The summed E-state index contributed by atoms with van der Waals surface area (Å²) in [7, 11) is 0. The third-order valence-electron chi connectivity index (χ3n) is 7.36. The van der Waals surface area contributed by atoms with E-state index in [4.69, 9.17) is 4.74 Å². The number of aliphatic hydroxyl groups excluding tert-OH is 1. The average Bonchev–Trinajstić information content (AvgIpc) is 3.45. The predicted octanol–water partition coefficient (Wildman–Crippen LogP) is 5.91. The highest BCUT2D eigenvalue weighted by atomic mass is 32.2. The minimum absolute atomic E-state index is 0.376. The van der Waals surface area contributed by atoms with E-state index in [2.05, 4.69) is 36.4 Å². The molecule has 0 amide bonds. The predicted molar refractivity (Wildman–Crippen MR) is 112 cm³/mol. The molecule has 2 nitrogen and oxygen atoms in total. The van der Waals surface area contributed by atoms with Gasteiger partial charge in [0.2, 0.25) is 0 Å². The zero-order chi connectivity index (χ0) is 18.2. The Morgan fingerprint density at radius 3 is 2.41 bits per heavy atom. The molecule has 3 saturated carbocycles. The maximum absolute atomic E-state index is 9.87. The number of benzene rings is 2. The maximum Gasteiger partial charge on any atom is 0.127 e. The second-order valence-corrected chi connectivity index (χ2v) is 9.85. The number of rotatable bonds is 6. The normalized spacial score (nSPS) is 30.4. The second kappa shape index (κ2) is 7.67. The molecule has 0 radical (unpaired) electrons. The number of hydrogen-bond donors (Lipinski definition) is 1. The first kappa shape index (κ1) is 17.9. The van der Waals surface area contributed by atoms with Crippen LogP contribution in [-0.2, 0) is 0 Å². The van der Waals surface area contributed by atoms with Crippen molar-refractivity contribution in [3.05, 3.63) is 36.4 Å². The minimum atomic E-state index is 0.376. The van der Waals surface area contributed by atoms with E-state index >= 15 is 0 Å². The molecule has 0 aliphatic heterocycles. The molecule has 1 N–H and O–H groups in total. The Kier molecular flexibility index (Phi) is 5.08. The van der Waals surface area contributed by atoms with E-state index < -0.39 is 0 Å². The summed E-state index contributed by atoms with van der Waals surface area (Å²) < 4.78 is 6.35. The highest BCUT2D eigenvalue weighted by Crippen LogP contribution is 2.53. The Morgan fingerprint density at radius 1 is 0.889 bits per heavy atom. The Morgan fingerprint density at radius 2 is 1.63 bits per heavy atom. The summed E-state index contributed by atoms with van der Waals surface area (Å²) in [5, 5.41) is 12.4. The molecule has 2 aromatic rings. The van der Waals surface area contributed by atoms with Crippen LogP contribution in [0.25, 0.3) is 10.8 Å². The summed E-state index contributed by atoms with van der Waals surface area (Å²) in [4.78, 5) is 1.36. The van der Waals surface area contributed by atoms with E-state index in [1.807, 2.05) is 11.8 Å². The Balaban J connectivity index is 1.36. The second-order valence-electron chi connectivity index (χ2n) is 8.79. The van der Waals surface area contributed by atoms with Crippen LogP contribution < -0.4 is 4.74 Å². The lowest BCUT2D eigenvalue weighted by Crippen LogP contribution is -2.27. The number of hydrogen-bond acceptors (Lipinski definition) is 3. The smallest absolute Gasteiger partial charge is 0.127 e. The molecule has 3 aliphatic rings. The minimum Gasteiger partial charge on any atom is -0.490 e. The van der Waals surface area contributed by atoms with E-state index in [1.165, 1.54) is 60.6 Å². The van der Waals surface area contributed by atoms with Crippen LogP contribution in [0.5, 0.6) is 5.75 Å². The number of thioether (sulfide) groups is 1. The Labute approximate surface area is 166 Å². The molecule has 0 heterocycles. The maximum atomic E-state index is 9.87. The third kappa shape index (κ3) is 3.38. The van der Waals surface area contributed by atoms with Crippen LogP contribution in [0.4, 0.5) is 0 Å². The van der Waals surface area contributed by atoms with Gasteiger partial charge < -0.3 is 9.84 Å². The lowest BCUT2D eigenvalue weighted by Gasteiger charge is -2.29. The molecule has 27 heavy (non-hydrogen) atoms. The van der Waals surface area contributed by atoms with Crippen molar-refractivity contribution in [3.8, 4) is 5.75 Å². The number of ether oxygens (including phenoxy) is 1. The van der Waals surface area contributed by atoms with E-state index in [0.717, 1.165) is 23.3 Å². The first-order valence-electron chi connectivity index (χ1n) is 10.8. The van der Waals surface area contributed by atoms with Crippen LogP contribution >= 0.6 is 11.8 Å². The molecule has 2 aromatic carbocycles. The first-order valence-corrected chi connectivity index (χ1v) is 11.7. The van der Waals surface area contributed by atoms with Crippen LogP contribution in [0.15, 0.2) is 41.3 Å². The monoisotopic (exact) mass is 382 g/mol.